The van der Waals surface area contributed by atoms with E-state index < -0.39 is 16.7 Å². The molecule has 0 heterocycles. The SMILES string of the molecule is CC(=O)c1ccc(OCc2ccc(C(=O)O)cc2)cc1[N+](=O)[O-]. The molecule has 0 amide bonds. The highest BCUT2D eigenvalue weighted by atomic mass is 16.6. The first kappa shape index (κ1) is 16.2. The number of hydrogen-bond acceptors (Lipinski definition) is 5. The van der Waals surface area contributed by atoms with Gasteiger partial charge >= 0.3 is 5.97 Å². The van der Waals surface area contributed by atoms with Crippen LogP contribution in [-0.4, -0.2) is 21.8 Å². The van der Waals surface area contributed by atoms with E-state index in [2.05, 4.69) is 0 Å². The Morgan fingerprint density at radius 1 is 1.17 bits per heavy atom. The zero-order valence-corrected chi connectivity index (χ0v) is 12.2. The maximum atomic E-state index is 11.4. The highest BCUT2D eigenvalue weighted by molar-refractivity contribution is 5.98. The van der Waals surface area contributed by atoms with Crippen LogP contribution in [-0.2, 0) is 6.61 Å². The zero-order valence-electron chi connectivity index (χ0n) is 12.2. The summed E-state index contributed by atoms with van der Waals surface area (Å²) in [4.78, 5) is 32.5. The number of ether oxygens (including phenoxy) is 1. The first-order valence-corrected chi connectivity index (χ1v) is 6.63. The molecule has 0 atom stereocenters. The summed E-state index contributed by atoms with van der Waals surface area (Å²) < 4.78 is 5.45. The van der Waals surface area contributed by atoms with Crippen molar-refractivity contribution in [2.24, 2.45) is 0 Å². The largest absolute Gasteiger partial charge is 0.489 e. The van der Waals surface area contributed by atoms with Crippen molar-refractivity contribution in [3.63, 3.8) is 0 Å². The van der Waals surface area contributed by atoms with Gasteiger partial charge in [-0.3, -0.25) is 14.9 Å². The van der Waals surface area contributed by atoms with Crippen molar-refractivity contribution in [3.05, 3.63) is 69.3 Å². The highest BCUT2D eigenvalue weighted by Crippen LogP contribution is 2.25. The third-order valence-electron chi connectivity index (χ3n) is 3.15. The zero-order chi connectivity index (χ0) is 17.0. The number of carbonyl (C=O) groups is 2. The Hall–Kier alpha value is -3.22. The Morgan fingerprint density at radius 3 is 2.35 bits per heavy atom. The minimum Gasteiger partial charge on any atom is -0.489 e. The van der Waals surface area contributed by atoms with Gasteiger partial charge in [0.15, 0.2) is 5.78 Å². The lowest BCUT2D eigenvalue weighted by molar-refractivity contribution is -0.385. The van der Waals surface area contributed by atoms with Crippen LogP contribution in [0.15, 0.2) is 42.5 Å². The van der Waals surface area contributed by atoms with Gasteiger partial charge in [-0.15, -0.1) is 0 Å². The second kappa shape index (κ2) is 6.69. The molecule has 0 aromatic heterocycles. The summed E-state index contributed by atoms with van der Waals surface area (Å²) in [5.41, 5.74) is 0.591. The molecule has 2 aromatic rings. The van der Waals surface area contributed by atoms with Crippen molar-refractivity contribution in [1.29, 1.82) is 0 Å². The summed E-state index contributed by atoms with van der Waals surface area (Å²) in [5, 5.41) is 19.8. The van der Waals surface area contributed by atoms with Crippen molar-refractivity contribution < 1.29 is 24.4 Å². The summed E-state index contributed by atoms with van der Waals surface area (Å²) in [5.74, 6) is -1.16. The average Bonchev–Trinajstić information content (AvgIpc) is 2.52. The van der Waals surface area contributed by atoms with Crippen LogP contribution in [0.1, 0.15) is 33.2 Å². The van der Waals surface area contributed by atoms with E-state index in [4.69, 9.17) is 9.84 Å². The van der Waals surface area contributed by atoms with Crippen LogP contribution in [0.3, 0.4) is 0 Å². The van der Waals surface area contributed by atoms with Gasteiger partial charge in [0.1, 0.15) is 12.4 Å². The Labute approximate surface area is 131 Å². The molecule has 0 bridgehead atoms. The lowest BCUT2D eigenvalue weighted by Gasteiger charge is -2.07. The molecule has 2 rings (SSSR count). The van der Waals surface area contributed by atoms with Crippen LogP contribution in [0.25, 0.3) is 0 Å². The Morgan fingerprint density at radius 2 is 1.83 bits per heavy atom. The average molecular weight is 315 g/mol. The predicted molar refractivity (Wildman–Crippen MR) is 80.8 cm³/mol. The van der Waals surface area contributed by atoms with Crippen molar-refractivity contribution in [2.45, 2.75) is 13.5 Å². The summed E-state index contributed by atoms with van der Waals surface area (Å²) in [6.07, 6.45) is 0. The molecule has 118 valence electrons. The van der Waals surface area contributed by atoms with E-state index in [0.29, 0.717) is 5.56 Å². The van der Waals surface area contributed by atoms with E-state index in [-0.39, 0.29) is 29.2 Å². The topological polar surface area (TPSA) is 107 Å². The van der Waals surface area contributed by atoms with Crippen molar-refractivity contribution in [2.75, 3.05) is 0 Å². The number of carboxylic acids is 1. The minimum absolute atomic E-state index is 0.0214. The number of nitrogens with zero attached hydrogens (tertiary/aromatic N) is 1. The quantitative estimate of drug-likeness (QED) is 0.498. The number of ketones is 1. The molecule has 0 aliphatic carbocycles. The fraction of sp³-hybridized carbons (Fsp3) is 0.125. The monoisotopic (exact) mass is 315 g/mol. The van der Waals surface area contributed by atoms with Gasteiger partial charge in [0, 0.05) is 0 Å². The smallest absolute Gasteiger partial charge is 0.335 e. The number of carboxylic acid groups (broad SMARTS) is 1. The number of hydrogen-bond donors (Lipinski definition) is 1. The van der Waals surface area contributed by atoms with Crippen molar-refractivity contribution >= 4 is 17.4 Å². The van der Waals surface area contributed by atoms with Gasteiger partial charge in [0.05, 0.1) is 22.1 Å². The molecule has 0 spiro atoms. The highest BCUT2D eigenvalue weighted by Gasteiger charge is 2.18. The fourth-order valence-electron chi connectivity index (χ4n) is 1.96. The molecule has 7 nitrogen and oxygen atoms in total. The molecular weight excluding hydrogens is 302 g/mol. The number of benzene rings is 2. The van der Waals surface area contributed by atoms with E-state index in [1.165, 1.54) is 37.3 Å². The Balaban J connectivity index is 2.14. The van der Waals surface area contributed by atoms with Gasteiger partial charge < -0.3 is 9.84 Å². The second-order valence-corrected chi connectivity index (χ2v) is 4.78. The van der Waals surface area contributed by atoms with Crippen molar-refractivity contribution in [3.8, 4) is 5.75 Å². The van der Waals surface area contributed by atoms with E-state index in [0.717, 1.165) is 0 Å². The minimum atomic E-state index is -1.02. The Kier molecular flexibility index (Phi) is 4.70. The molecule has 0 saturated heterocycles. The van der Waals surface area contributed by atoms with Gasteiger partial charge in [-0.2, -0.15) is 0 Å². The number of nitro groups is 1. The summed E-state index contributed by atoms with van der Waals surface area (Å²) in [6.45, 7) is 1.38. The van der Waals surface area contributed by atoms with Crippen LogP contribution in [0.5, 0.6) is 5.75 Å². The van der Waals surface area contributed by atoms with Gasteiger partial charge in [-0.05, 0) is 36.8 Å². The third-order valence-corrected chi connectivity index (χ3v) is 3.15. The molecule has 0 fully saturated rings. The van der Waals surface area contributed by atoms with Crippen LogP contribution in [0.2, 0.25) is 0 Å². The summed E-state index contributed by atoms with van der Waals surface area (Å²) >= 11 is 0. The molecule has 1 N–H and O–H groups in total. The number of Topliss-reactive ketones (excluding diaryl/α,β-unsaturated/α-hetero) is 1. The van der Waals surface area contributed by atoms with E-state index >= 15 is 0 Å². The maximum absolute atomic E-state index is 11.4. The van der Waals surface area contributed by atoms with Gasteiger partial charge in [0.25, 0.3) is 5.69 Å². The normalized spacial score (nSPS) is 10.1. The summed E-state index contributed by atoms with van der Waals surface area (Å²) in [6, 6.07) is 10.1. The number of rotatable bonds is 6. The first-order valence-electron chi connectivity index (χ1n) is 6.63. The molecule has 2 aromatic carbocycles. The first-order chi connectivity index (χ1) is 10.9. The summed E-state index contributed by atoms with van der Waals surface area (Å²) in [7, 11) is 0. The van der Waals surface area contributed by atoms with Crippen LogP contribution in [0, 0.1) is 10.1 Å². The van der Waals surface area contributed by atoms with Gasteiger partial charge in [-0.1, -0.05) is 12.1 Å². The molecule has 0 unspecified atom stereocenters. The maximum Gasteiger partial charge on any atom is 0.335 e. The van der Waals surface area contributed by atoms with Crippen LogP contribution < -0.4 is 4.74 Å². The molecule has 7 heteroatoms. The molecular formula is C16H13NO6. The van der Waals surface area contributed by atoms with E-state index in [1.54, 1.807) is 12.1 Å². The molecule has 0 saturated carbocycles. The lowest BCUT2D eigenvalue weighted by Crippen LogP contribution is -2.02. The predicted octanol–water partition coefficient (Wildman–Crippen LogP) is 3.07. The molecule has 0 radical (unpaired) electrons. The van der Waals surface area contributed by atoms with E-state index in [1.807, 2.05) is 0 Å². The van der Waals surface area contributed by atoms with Crippen molar-refractivity contribution in [1.82, 2.24) is 0 Å². The van der Waals surface area contributed by atoms with E-state index in [9.17, 15) is 19.7 Å². The third kappa shape index (κ3) is 3.91. The number of nitro benzene ring substituents is 1. The Bertz CT molecular complexity index is 767. The molecule has 0 aliphatic heterocycles. The van der Waals surface area contributed by atoms with Gasteiger partial charge in [-0.25, -0.2) is 4.79 Å². The number of aromatic carboxylic acids is 1. The molecule has 0 aliphatic rings. The standard InChI is InChI=1S/C16H13NO6/c1-10(18)14-7-6-13(8-15(14)17(21)22)23-9-11-2-4-12(5-3-11)16(19)20/h2-8H,9H2,1H3,(H,19,20). The lowest BCUT2D eigenvalue weighted by atomic mass is 10.1. The van der Waals surface area contributed by atoms with Gasteiger partial charge in [0.2, 0.25) is 0 Å². The number of carbonyl (C=O) groups excluding carboxylic acids is 1. The molecule has 23 heavy (non-hydrogen) atoms. The van der Waals surface area contributed by atoms with Crippen LogP contribution >= 0.6 is 0 Å². The van der Waals surface area contributed by atoms with Crippen LogP contribution in [0.4, 0.5) is 5.69 Å². The fourth-order valence-corrected chi connectivity index (χ4v) is 1.96. The second-order valence-electron chi connectivity index (χ2n) is 4.78.